The molecule has 0 aromatic carbocycles. The molecule has 4 heteroatoms. The Morgan fingerprint density at radius 2 is 2.27 bits per heavy atom. The topological polar surface area (TPSA) is 53.3 Å². The van der Waals surface area contributed by atoms with Gasteiger partial charge in [0.15, 0.2) is 0 Å². The molecule has 4 nitrogen and oxygen atoms in total. The van der Waals surface area contributed by atoms with Crippen molar-refractivity contribution in [2.75, 3.05) is 20.2 Å². The molecular weight excluding hydrogens is 192 g/mol. The van der Waals surface area contributed by atoms with Gasteiger partial charge in [-0.3, -0.25) is 9.69 Å². The second-order valence-electron chi connectivity index (χ2n) is 3.70. The lowest BCUT2D eigenvalue weighted by molar-refractivity contribution is -0.145. The quantitative estimate of drug-likeness (QED) is 0.475. The summed E-state index contributed by atoms with van der Waals surface area (Å²) in [5.41, 5.74) is 0. The molecule has 0 aromatic rings. The number of carbonyl (C=O) groups excluding carboxylic acids is 1. The van der Waals surface area contributed by atoms with Crippen molar-refractivity contribution in [3.63, 3.8) is 0 Å². The van der Waals surface area contributed by atoms with Gasteiger partial charge in [-0.15, -0.1) is 0 Å². The summed E-state index contributed by atoms with van der Waals surface area (Å²) in [4.78, 5) is 13.1. The monoisotopic (exact) mass is 212 g/mol. The molecule has 0 aromatic heterocycles. The van der Waals surface area contributed by atoms with E-state index in [0.717, 1.165) is 12.8 Å². The standard InChI is InChI=1S/C11H20N2O2/c1-4-5-8-15-11(14)9-13(3)10(2)6-7-12/h10H,4-6,8-9H2,1-3H3. The molecule has 0 heterocycles. The third-order valence-electron chi connectivity index (χ3n) is 2.28. The summed E-state index contributed by atoms with van der Waals surface area (Å²) >= 11 is 0. The molecule has 0 N–H and O–H groups in total. The number of nitriles is 1. The van der Waals surface area contributed by atoms with E-state index in [2.05, 4.69) is 13.0 Å². The van der Waals surface area contributed by atoms with Crippen molar-refractivity contribution in [2.45, 2.75) is 39.2 Å². The van der Waals surface area contributed by atoms with Crippen LogP contribution in [0.15, 0.2) is 0 Å². The van der Waals surface area contributed by atoms with E-state index in [-0.39, 0.29) is 18.6 Å². The Morgan fingerprint density at radius 3 is 2.80 bits per heavy atom. The Labute approximate surface area is 91.8 Å². The minimum Gasteiger partial charge on any atom is -0.465 e. The van der Waals surface area contributed by atoms with E-state index in [4.69, 9.17) is 10.00 Å². The molecule has 0 saturated heterocycles. The molecule has 0 spiro atoms. The molecule has 0 bridgehead atoms. The summed E-state index contributed by atoms with van der Waals surface area (Å²) in [5.74, 6) is -0.212. The van der Waals surface area contributed by atoms with Crippen molar-refractivity contribution in [2.24, 2.45) is 0 Å². The summed E-state index contributed by atoms with van der Waals surface area (Å²) in [6, 6.07) is 2.17. The highest BCUT2D eigenvalue weighted by atomic mass is 16.5. The van der Waals surface area contributed by atoms with Crippen LogP contribution in [0.4, 0.5) is 0 Å². The smallest absolute Gasteiger partial charge is 0.320 e. The fourth-order valence-corrected chi connectivity index (χ4v) is 1.02. The van der Waals surface area contributed by atoms with Crippen LogP contribution in [-0.2, 0) is 9.53 Å². The highest BCUT2D eigenvalue weighted by molar-refractivity contribution is 5.71. The van der Waals surface area contributed by atoms with E-state index < -0.39 is 0 Å². The van der Waals surface area contributed by atoms with Gasteiger partial charge >= 0.3 is 5.97 Å². The lowest BCUT2D eigenvalue weighted by Gasteiger charge is -2.21. The van der Waals surface area contributed by atoms with Crippen LogP contribution in [0.5, 0.6) is 0 Å². The maximum absolute atomic E-state index is 11.3. The Balaban J connectivity index is 3.71. The van der Waals surface area contributed by atoms with Gasteiger partial charge in [0.2, 0.25) is 0 Å². The molecular formula is C11H20N2O2. The molecule has 1 unspecified atom stereocenters. The second kappa shape index (κ2) is 8.25. The van der Waals surface area contributed by atoms with E-state index >= 15 is 0 Å². The SMILES string of the molecule is CCCCOC(=O)CN(C)C(C)CC#N. The molecule has 15 heavy (non-hydrogen) atoms. The zero-order chi connectivity index (χ0) is 11.7. The minimum atomic E-state index is -0.212. The van der Waals surface area contributed by atoms with Gasteiger partial charge in [0.05, 0.1) is 25.6 Å². The first-order chi connectivity index (χ1) is 7.11. The van der Waals surface area contributed by atoms with Crippen LogP contribution in [0, 0.1) is 11.3 Å². The predicted molar refractivity (Wildman–Crippen MR) is 58.2 cm³/mol. The average Bonchev–Trinajstić information content (AvgIpc) is 2.18. The van der Waals surface area contributed by atoms with Crippen molar-refractivity contribution in [3.8, 4) is 6.07 Å². The van der Waals surface area contributed by atoms with E-state index in [9.17, 15) is 4.79 Å². The van der Waals surface area contributed by atoms with Crippen molar-refractivity contribution >= 4 is 5.97 Å². The number of esters is 1. The van der Waals surface area contributed by atoms with E-state index in [0.29, 0.717) is 13.0 Å². The van der Waals surface area contributed by atoms with Crippen LogP contribution in [0.1, 0.15) is 33.1 Å². The van der Waals surface area contributed by atoms with Gasteiger partial charge in [-0.25, -0.2) is 0 Å². The fourth-order valence-electron chi connectivity index (χ4n) is 1.02. The summed E-state index contributed by atoms with van der Waals surface area (Å²) in [7, 11) is 1.82. The van der Waals surface area contributed by atoms with Gasteiger partial charge < -0.3 is 4.74 Å². The van der Waals surface area contributed by atoms with Gasteiger partial charge in [0.25, 0.3) is 0 Å². The molecule has 0 radical (unpaired) electrons. The summed E-state index contributed by atoms with van der Waals surface area (Å²) in [5, 5.41) is 8.50. The van der Waals surface area contributed by atoms with E-state index in [1.165, 1.54) is 0 Å². The first-order valence-corrected chi connectivity index (χ1v) is 5.34. The first-order valence-electron chi connectivity index (χ1n) is 5.34. The number of nitrogens with zero attached hydrogens (tertiary/aromatic N) is 2. The van der Waals surface area contributed by atoms with Gasteiger partial charge in [-0.2, -0.15) is 5.26 Å². The van der Waals surface area contributed by atoms with Crippen molar-refractivity contribution in [3.05, 3.63) is 0 Å². The van der Waals surface area contributed by atoms with Crippen LogP contribution >= 0.6 is 0 Å². The van der Waals surface area contributed by atoms with Gasteiger partial charge in [0, 0.05) is 6.04 Å². The Bertz CT molecular complexity index is 223. The van der Waals surface area contributed by atoms with Gasteiger partial charge in [-0.05, 0) is 20.4 Å². The first kappa shape index (κ1) is 13.9. The van der Waals surface area contributed by atoms with Gasteiger partial charge in [-0.1, -0.05) is 13.3 Å². The van der Waals surface area contributed by atoms with Crippen molar-refractivity contribution in [1.29, 1.82) is 5.26 Å². The molecule has 0 amide bonds. The molecule has 0 rings (SSSR count). The molecule has 86 valence electrons. The summed E-state index contributed by atoms with van der Waals surface area (Å²) in [6.45, 7) is 4.72. The second-order valence-corrected chi connectivity index (χ2v) is 3.70. The summed E-state index contributed by atoms with van der Waals surface area (Å²) < 4.78 is 5.02. The van der Waals surface area contributed by atoms with Gasteiger partial charge in [0.1, 0.15) is 0 Å². The Kier molecular flexibility index (Phi) is 7.65. The third kappa shape index (κ3) is 6.92. The molecule has 0 fully saturated rings. The zero-order valence-corrected chi connectivity index (χ0v) is 9.82. The normalized spacial score (nSPS) is 12.2. The number of carbonyl (C=O) groups is 1. The number of hydrogen-bond donors (Lipinski definition) is 0. The fraction of sp³-hybridized carbons (Fsp3) is 0.818. The number of hydrogen-bond acceptors (Lipinski definition) is 4. The molecule has 1 atom stereocenters. The molecule has 0 aliphatic rings. The largest absolute Gasteiger partial charge is 0.465 e. The minimum absolute atomic E-state index is 0.0914. The maximum Gasteiger partial charge on any atom is 0.320 e. The lowest BCUT2D eigenvalue weighted by atomic mass is 10.2. The van der Waals surface area contributed by atoms with E-state index in [1.807, 2.05) is 18.9 Å². The Hall–Kier alpha value is -1.08. The van der Waals surface area contributed by atoms with Crippen LogP contribution < -0.4 is 0 Å². The highest BCUT2D eigenvalue weighted by Crippen LogP contribution is 2.00. The predicted octanol–water partition coefficient (Wildman–Crippen LogP) is 1.56. The number of unbranched alkanes of at least 4 members (excludes halogenated alkanes) is 1. The van der Waals surface area contributed by atoms with Crippen LogP contribution in [0.2, 0.25) is 0 Å². The van der Waals surface area contributed by atoms with Crippen LogP contribution in [-0.4, -0.2) is 37.1 Å². The highest BCUT2D eigenvalue weighted by Gasteiger charge is 2.13. The number of ether oxygens (including phenoxy) is 1. The van der Waals surface area contributed by atoms with Crippen LogP contribution in [0.3, 0.4) is 0 Å². The average molecular weight is 212 g/mol. The Morgan fingerprint density at radius 1 is 1.60 bits per heavy atom. The van der Waals surface area contributed by atoms with E-state index in [1.54, 1.807) is 0 Å². The van der Waals surface area contributed by atoms with Crippen LogP contribution in [0.25, 0.3) is 0 Å². The molecule has 0 aliphatic carbocycles. The van der Waals surface area contributed by atoms with Crippen molar-refractivity contribution in [1.82, 2.24) is 4.90 Å². The number of likely N-dealkylation sites (N-methyl/N-ethyl adjacent to an activating group) is 1. The zero-order valence-electron chi connectivity index (χ0n) is 9.82. The summed E-state index contributed by atoms with van der Waals surface area (Å²) in [6.07, 6.45) is 2.36. The molecule has 0 aliphatic heterocycles. The van der Waals surface area contributed by atoms with Crippen molar-refractivity contribution < 1.29 is 9.53 Å². The third-order valence-corrected chi connectivity index (χ3v) is 2.28. The maximum atomic E-state index is 11.3. The lowest BCUT2D eigenvalue weighted by Crippen LogP contribution is -2.34. The number of rotatable bonds is 7. The molecule has 0 saturated carbocycles.